The molecule has 2 heterocycles. The van der Waals surface area contributed by atoms with E-state index in [1.165, 1.54) is 16.3 Å². The van der Waals surface area contributed by atoms with Crippen LogP contribution >= 0.6 is 11.3 Å². The number of anilines is 1. The minimum absolute atomic E-state index is 1.00. The van der Waals surface area contributed by atoms with Gasteiger partial charge in [-0.05, 0) is 26.0 Å². The highest BCUT2D eigenvalue weighted by atomic mass is 32.1. The number of thiazole rings is 1. The van der Waals surface area contributed by atoms with Crippen molar-refractivity contribution >= 4 is 17.0 Å². The maximum Gasteiger partial charge on any atom is 0.107 e. The summed E-state index contributed by atoms with van der Waals surface area (Å²) in [6, 6.07) is 8.85. The van der Waals surface area contributed by atoms with E-state index in [2.05, 4.69) is 58.3 Å². The maximum atomic E-state index is 4.55. The molecule has 0 atom stereocenters. The van der Waals surface area contributed by atoms with Gasteiger partial charge < -0.3 is 4.90 Å². The summed E-state index contributed by atoms with van der Waals surface area (Å²) >= 11 is 1.78. The molecule has 1 saturated heterocycles. The average Bonchev–Trinajstić information content (AvgIpc) is 2.86. The van der Waals surface area contributed by atoms with Crippen LogP contribution in [0.3, 0.4) is 0 Å². The van der Waals surface area contributed by atoms with E-state index in [1.54, 1.807) is 11.3 Å². The summed E-state index contributed by atoms with van der Waals surface area (Å²) in [5.41, 5.74) is 3.81. The number of rotatable bonds is 3. The third kappa shape index (κ3) is 3.19. The van der Waals surface area contributed by atoms with E-state index >= 15 is 0 Å². The van der Waals surface area contributed by atoms with E-state index in [1.807, 2.05) is 0 Å². The second-order valence-corrected chi connectivity index (χ2v) is 6.42. The lowest BCUT2D eigenvalue weighted by molar-refractivity contribution is 0.249. The number of aryl methyl sites for hydroxylation is 2. The van der Waals surface area contributed by atoms with Crippen LogP contribution in [0.15, 0.2) is 29.6 Å². The molecule has 1 aromatic heterocycles. The van der Waals surface area contributed by atoms with Gasteiger partial charge in [-0.3, -0.25) is 4.90 Å². The fourth-order valence-corrected chi connectivity index (χ4v) is 3.40. The van der Waals surface area contributed by atoms with Gasteiger partial charge in [0.05, 0.1) is 6.54 Å². The third-order valence-electron chi connectivity index (χ3n) is 3.80. The molecule has 3 rings (SSSR count). The quantitative estimate of drug-likeness (QED) is 0.865. The Labute approximate surface area is 124 Å². The van der Waals surface area contributed by atoms with Crippen LogP contribution in [0.5, 0.6) is 0 Å². The number of hydrogen-bond donors (Lipinski definition) is 0. The summed E-state index contributed by atoms with van der Waals surface area (Å²) in [4.78, 5) is 9.53. The lowest BCUT2D eigenvalue weighted by Crippen LogP contribution is -2.45. The summed E-state index contributed by atoms with van der Waals surface area (Å²) < 4.78 is 0. The van der Waals surface area contributed by atoms with E-state index in [9.17, 15) is 0 Å². The molecule has 3 nitrogen and oxygen atoms in total. The van der Waals surface area contributed by atoms with Crippen LogP contribution in [0.25, 0.3) is 0 Å². The Hall–Kier alpha value is -1.39. The summed E-state index contributed by atoms with van der Waals surface area (Å²) in [7, 11) is 0. The molecule has 0 bridgehead atoms. The zero-order valence-electron chi connectivity index (χ0n) is 12.2. The number of hydrogen-bond acceptors (Lipinski definition) is 4. The topological polar surface area (TPSA) is 19.4 Å². The summed E-state index contributed by atoms with van der Waals surface area (Å²) in [5.74, 6) is 0. The molecular weight excluding hydrogens is 266 g/mol. The molecule has 0 saturated carbocycles. The van der Waals surface area contributed by atoms with Crippen molar-refractivity contribution in [2.45, 2.75) is 20.4 Å². The van der Waals surface area contributed by atoms with Crippen molar-refractivity contribution in [1.29, 1.82) is 0 Å². The Morgan fingerprint density at radius 1 is 1.05 bits per heavy atom. The molecule has 1 fully saturated rings. The van der Waals surface area contributed by atoms with Crippen molar-refractivity contribution in [2.75, 3.05) is 31.1 Å². The first-order valence-electron chi connectivity index (χ1n) is 7.16. The molecule has 1 aliphatic rings. The Kier molecular flexibility index (Phi) is 4.03. The normalized spacial score (nSPS) is 16.6. The predicted octanol–water partition coefficient (Wildman–Crippen LogP) is 3.08. The molecule has 0 unspecified atom stereocenters. The Morgan fingerprint density at radius 3 is 2.35 bits per heavy atom. The lowest BCUT2D eigenvalue weighted by atomic mass is 10.2. The smallest absolute Gasteiger partial charge is 0.107 e. The molecule has 0 N–H and O–H groups in total. The molecule has 4 heteroatoms. The second kappa shape index (κ2) is 5.94. The van der Waals surface area contributed by atoms with E-state index in [0.29, 0.717) is 0 Å². The van der Waals surface area contributed by atoms with Gasteiger partial charge in [0, 0.05) is 42.9 Å². The van der Waals surface area contributed by atoms with Crippen molar-refractivity contribution in [3.8, 4) is 0 Å². The molecule has 0 aliphatic carbocycles. The zero-order chi connectivity index (χ0) is 13.9. The van der Waals surface area contributed by atoms with Gasteiger partial charge in [-0.2, -0.15) is 0 Å². The summed E-state index contributed by atoms with van der Waals surface area (Å²) in [6.07, 6.45) is 0. The van der Waals surface area contributed by atoms with Gasteiger partial charge >= 0.3 is 0 Å². The monoisotopic (exact) mass is 287 g/mol. The fraction of sp³-hybridized carbons (Fsp3) is 0.438. The minimum atomic E-state index is 1.00. The molecule has 106 valence electrons. The molecule has 20 heavy (non-hydrogen) atoms. The molecule has 1 aromatic carbocycles. The predicted molar refractivity (Wildman–Crippen MR) is 85.5 cm³/mol. The first kappa shape index (κ1) is 13.6. The molecular formula is C16H21N3S. The highest BCUT2D eigenvalue weighted by molar-refractivity contribution is 7.09. The molecule has 0 amide bonds. The van der Waals surface area contributed by atoms with Crippen molar-refractivity contribution in [3.63, 3.8) is 0 Å². The van der Waals surface area contributed by atoms with Gasteiger partial charge in [0.25, 0.3) is 0 Å². The van der Waals surface area contributed by atoms with E-state index in [4.69, 9.17) is 0 Å². The van der Waals surface area contributed by atoms with Gasteiger partial charge in [-0.25, -0.2) is 4.98 Å². The van der Waals surface area contributed by atoms with Gasteiger partial charge in [0.1, 0.15) is 5.01 Å². The van der Waals surface area contributed by atoms with Crippen LogP contribution in [0.1, 0.15) is 16.3 Å². The number of benzene rings is 1. The van der Waals surface area contributed by atoms with Crippen molar-refractivity contribution < 1.29 is 0 Å². The van der Waals surface area contributed by atoms with Gasteiger partial charge in [0.15, 0.2) is 0 Å². The van der Waals surface area contributed by atoms with Crippen molar-refractivity contribution in [2.24, 2.45) is 0 Å². The van der Waals surface area contributed by atoms with Gasteiger partial charge in [-0.15, -0.1) is 11.3 Å². The van der Waals surface area contributed by atoms with Crippen molar-refractivity contribution in [1.82, 2.24) is 9.88 Å². The standard InChI is InChI=1S/C16H21N3S/c1-13-3-5-15(6-4-13)19-9-7-18(8-10-19)11-16-17-14(2)12-20-16/h3-6,12H,7-11H2,1-2H3. The van der Waals surface area contributed by atoms with Crippen LogP contribution in [0.4, 0.5) is 5.69 Å². The second-order valence-electron chi connectivity index (χ2n) is 5.48. The maximum absolute atomic E-state index is 4.55. The summed E-state index contributed by atoms with van der Waals surface area (Å²) in [5, 5.41) is 3.38. The molecule has 0 spiro atoms. The highest BCUT2D eigenvalue weighted by Gasteiger charge is 2.18. The van der Waals surface area contributed by atoms with Crippen LogP contribution in [0.2, 0.25) is 0 Å². The first-order chi connectivity index (χ1) is 9.70. The van der Waals surface area contributed by atoms with Gasteiger partial charge in [-0.1, -0.05) is 17.7 Å². The van der Waals surface area contributed by atoms with Crippen molar-refractivity contribution in [3.05, 3.63) is 45.9 Å². The highest BCUT2D eigenvalue weighted by Crippen LogP contribution is 2.18. The SMILES string of the molecule is Cc1ccc(N2CCN(Cc3nc(C)cs3)CC2)cc1. The lowest BCUT2D eigenvalue weighted by Gasteiger charge is -2.35. The molecule has 0 radical (unpaired) electrons. The average molecular weight is 287 g/mol. The largest absolute Gasteiger partial charge is 0.369 e. The summed E-state index contributed by atoms with van der Waals surface area (Å²) in [6.45, 7) is 9.65. The number of piperazine rings is 1. The van der Waals surface area contributed by atoms with Gasteiger partial charge in [0.2, 0.25) is 0 Å². The van der Waals surface area contributed by atoms with Crippen LogP contribution in [-0.2, 0) is 6.54 Å². The van der Waals surface area contributed by atoms with Crippen LogP contribution in [-0.4, -0.2) is 36.1 Å². The number of nitrogens with zero attached hydrogens (tertiary/aromatic N) is 3. The van der Waals surface area contributed by atoms with E-state index < -0.39 is 0 Å². The molecule has 2 aromatic rings. The first-order valence-corrected chi connectivity index (χ1v) is 8.04. The fourth-order valence-electron chi connectivity index (χ4n) is 2.59. The van der Waals surface area contributed by atoms with E-state index in [0.717, 1.165) is 38.4 Å². The Balaban J connectivity index is 1.55. The third-order valence-corrected chi connectivity index (χ3v) is 4.75. The van der Waals surface area contributed by atoms with Crippen LogP contribution in [0, 0.1) is 13.8 Å². The zero-order valence-corrected chi connectivity index (χ0v) is 13.0. The molecule has 1 aliphatic heterocycles. The Morgan fingerprint density at radius 2 is 1.75 bits per heavy atom. The number of aromatic nitrogens is 1. The van der Waals surface area contributed by atoms with Crippen LogP contribution < -0.4 is 4.90 Å². The minimum Gasteiger partial charge on any atom is -0.369 e. The Bertz CT molecular complexity index is 553. The van der Waals surface area contributed by atoms with E-state index in [-0.39, 0.29) is 0 Å².